The quantitative estimate of drug-likeness (QED) is 0.419. The summed E-state index contributed by atoms with van der Waals surface area (Å²) in [7, 11) is -2.31. The van der Waals surface area contributed by atoms with E-state index < -0.39 is 20.5 Å². The molecule has 0 saturated carbocycles. The molecule has 0 unspecified atom stereocenters. The van der Waals surface area contributed by atoms with E-state index in [-0.39, 0.29) is 18.5 Å². The van der Waals surface area contributed by atoms with E-state index in [4.69, 9.17) is 9.94 Å². The molecule has 0 spiro atoms. The number of rotatable bonds is 7. The zero-order valence-corrected chi connectivity index (χ0v) is 18.1. The number of hydroxylamine groups is 1. The molecule has 0 radical (unpaired) electrons. The Morgan fingerprint density at radius 2 is 1.94 bits per heavy atom. The Balaban J connectivity index is 1.92. The molecular formula is C21H23N3O6S. The zero-order valence-electron chi connectivity index (χ0n) is 17.3. The number of fused-ring (bicyclic) bond motifs is 1. The lowest BCUT2D eigenvalue weighted by molar-refractivity contribution is -0.131. The number of amides is 1. The number of sulfone groups is 1. The number of carbonyl (C=O) groups excluding carboxylic acids is 1. The van der Waals surface area contributed by atoms with Crippen LogP contribution in [0.5, 0.6) is 5.88 Å². The van der Waals surface area contributed by atoms with Gasteiger partial charge < -0.3 is 9.30 Å². The molecule has 1 amide bonds. The highest BCUT2D eigenvalue weighted by Gasteiger charge is 2.43. The van der Waals surface area contributed by atoms with E-state index in [1.807, 2.05) is 12.1 Å². The van der Waals surface area contributed by atoms with Crippen LogP contribution >= 0.6 is 0 Å². The minimum absolute atomic E-state index is 0.0179. The maximum atomic E-state index is 12.9. The predicted molar refractivity (Wildman–Crippen MR) is 116 cm³/mol. The van der Waals surface area contributed by atoms with Crippen molar-refractivity contribution in [2.24, 2.45) is 0 Å². The number of benzene rings is 1. The number of carbonyl (C=O) groups is 1. The number of hydrogen-bond acceptors (Lipinski definition) is 7. The first kappa shape index (κ1) is 22.4. The van der Waals surface area contributed by atoms with E-state index in [0.29, 0.717) is 16.7 Å². The Morgan fingerprint density at radius 1 is 1.23 bits per heavy atom. The molecule has 0 saturated heterocycles. The Morgan fingerprint density at radius 3 is 2.52 bits per heavy atom. The van der Waals surface area contributed by atoms with Crippen molar-refractivity contribution in [3.05, 3.63) is 59.1 Å². The first-order chi connectivity index (χ1) is 14.6. The Kier molecular flexibility index (Phi) is 6.14. The number of methoxy groups -OCH3 is 1. The summed E-state index contributed by atoms with van der Waals surface area (Å²) in [5, 5.41) is 10.1. The molecule has 2 heterocycles. The average Bonchev–Trinajstić information content (AvgIpc) is 2.76. The van der Waals surface area contributed by atoms with Gasteiger partial charge in [0.05, 0.1) is 7.11 Å². The highest BCUT2D eigenvalue weighted by Crippen LogP contribution is 2.25. The summed E-state index contributed by atoms with van der Waals surface area (Å²) in [6.45, 7) is 1.20. The smallest absolute Gasteiger partial charge is 0.264 e. The first-order valence-electron chi connectivity index (χ1n) is 9.38. The number of aromatic nitrogens is 2. The van der Waals surface area contributed by atoms with E-state index in [1.165, 1.54) is 24.1 Å². The molecule has 1 atom stereocenters. The van der Waals surface area contributed by atoms with Crippen molar-refractivity contribution < 1.29 is 23.2 Å². The third-order valence-corrected chi connectivity index (χ3v) is 7.51. The summed E-state index contributed by atoms with van der Waals surface area (Å²) < 4.78 is 28.8. The molecule has 2 aromatic heterocycles. The van der Waals surface area contributed by atoms with Gasteiger partial charge in [-0.05, 0) is 48.6 Å². The van der Waals surface area contributed by atoms with Gasteiger partial charge in [-0.25, -0.2) is 18.9 Å². The second-order valence-electron chi connectivity index (χ2n) is 7.40. The van der Waals surface area contributed by atoms with Crippen LogP contribution in [-0.4, -0.2) is 47.2 Å². The Labute approximate surface area is 179 Å². The van der Waals surface area contributed by atoms with E-state index in [2.05, 4.69) is 4.98 Å². The molecular weight excluding hydrogens is 422 g/mol. The molecule has 0 aliphatic carbocycles. The van der Waals surface area contributed by atoms with Gasteiger partial charge >= 0.3 is 0 Å². The predicted octanol–water partition coefficient (Wildman–Crippen LogP) is 1.77. The molecule has 3 aromatic rings. The van der Waals surface area contributed by atoms with Crippen molar-refractivity contribution in [2.75, 3.05) is 13.4 Å². The molecule has 0 fully saturated rings. The third kappa shape index (κ3) is 4.30. The van der Waals surface area contributed by atoms with Crippen molar-refractivity contribution in [3.8, 4) is 17.0 Å². The molecule has 0 aliphatic rings. The molecule has 9 nitrogen and oxygen atoms in total. The molecule has 1 aromatic carbocycles. The van der Waals surface area contributed by atoms with Crippen molar-refractivity contribution in [2.45, 2.75) is 24.6 Å². The molecule has 0 aliphatic heterocycles. The fourth-order valence-corrected chi connectivity index (χ4v) is 4.08. The molecule has 164 valence electrons. The van der Waals surface area contributed by atoms with Gasteiger partial charge in [-0.1, -0.05) is 6.07 Å². The van der Waals surface area contributed by atoms with Gasteiger partial charge in [0.1, 0.15) is 0 Å². The number of hydrogen-bond donors (Lipinski definition) is 2. The monoisotopic (exact) mass is 445 g/mol. The summed E-state index contributed by atoms with van der Waals surface area (Å²) in [4.78, 5) is 29.1. The summed E-state index contributed by atoms with van der Waals surface area (Å²) in [6.07, 6.45) is 3.97. The van der Waals surface area contributed by atoms with Crippen LogP contribution in [0, 0.1) is 0 Å². The van der Waals surface area contributed by atoms with E-state index in [0.717, 1.165) is 17.4 Å². The van der Waals surface area contributed by atoms with E-state index >= 15 is 0 Å². The standard InChI is InChI=1S/C21H23N3O6S/c1-21(20(26)23-27,31(3,28)29)9-11-24-10-8-15-12-14(4-6-17(15)19(24)25)16-5-7-18(30-2)22-13-16/h4-8,10,12-13,27H,9,11H2,1-3H3,(H,23,26)/t21-/m1/s1. The van der Waals surface area contributed by atoms with E-state index in [9.17, 15) is 18.0 Å². The first-order valence-corrected chi connectivity index (χ1v) is 11.3. The summed E-state index contributed by atoms with van der Waals surface area (Å²) >= 11 is 0. The maximum Gasteiger partial charge on any atom is 0.264 e. The average molecular weight is 445 g/mol. The topological polar surface area (TPSA) is 128 Å². The lowest BCUT2D eigenvalue weighted by Gasteiger charge is -2.25. The van der Waals surface area contributed by atoms with Gasteiger partial charge in [-0.15, -0.1) is 0 Å². The lowest BCUT2D eigenvalue weighted by Crippen LogP contribution is -2.49. The van der Waals surface area contributed by atoms with E-state index in [1.54, 1.807) is 36.7 Å². The van der Waals surface area contributed by atoms with Crippen molar-refractivity contribution in [1.82, 2.24) is 15.0 Å². The fourth-order valence-electron chi connectivity index (χ4n) is 3.23. The van der Waals surface area contributed by atoms with Crippen molar-refractivity contribution in [3.63, 3.8) is 0 Å². The van der Waals surface area contributed by atoms with Crippen LogP contribution in [0.2, 0.25) is 0 Å². The largest absolute Gasteiger partial charge is 0.481 e. The van der Waals surface area contributed by atoms with Gasteiger partial charge in [0, 0.05) is 42.2 Å². The molecule has 2 N–H and O–H groups in total. The second-order valence-corrected chi connectivity index (χ2v) is 9.84. The number of aryl methyl sites for hydroxylation is 1. The van der Waals surface area contributed by atoms with Crippen LogP contribution < -0.4 is 15.8 Å². The molecule has 3 rings (SSSR count). The van der Waals surface area contributed by atoms with Crippen LogP contribution in [0.25, 0.3) is 21.9 Å². The van der Waals surface area contributed by atoms with Gasteiger partial charge in [0.25, 0.3) is 11.5 Å². The second kappa shape index (κ2) is 8.48. The number of nitrogens with zero attached hydrogens (tertiary/aromatic N) is 2. The zero-order chi connectivity index (χ0) is 22.8. The highest BCUT2D eigenvalue weighted by atomic mass is 32.2. The summed E-state index contributed by atoms with van der Waals surface area (Å²) in [5.41, 5.74) is 2.84. The molecule has 0 bridgehead atoms. The lowest BCUT2D eigenvalue weighted by atomic mass is 10.0. The normalized spacial score (nSPS) is 13.5. The SMILES string of the molecule is COc1ccc(-c2ccc3c(=O)n(CC[C@](C)(C(=O)NO)S(C)(=O)=O)ccc3c2)cn1. The number of nitrogens with one attached hydrogen (secondary N) is 1. The van der Waals surface area contributed by atoms with Gasteiger partial charge in [0.15, 0.2) is 14.6 Å². The third-order valence-electron chi connectivity index (χ3n) is 5.49. The van der Waals surface area contributed by atoms with Crippen LogP contribution in [0.4, 0.5) is 0 Å². The van der Waals surface area contributed by atoms with Crippen LogP contribution in [0.15, 0.2) is 53.6 Å². The molecule has 10 heteroatoms. The number of pyridine rings is 2. The Hall–Kier alpha value is -3.24. The molecule has 31 heavy (non-hydrogen) atoms. The van der Waals surface area contributed by atoms with Crippen molar-refractivity contribution in [1.29, 1.82) is 0 Å². The van der Waals surface area contributed by atoms with Crippen LogP contribution in [0.3, 0.4) is 0 Å². The maximum absolute atomic E-state index is 12.9. The minimum atomic E-state index is -3.84. The summed E-state index contributed by atoms with van der Waals surface area (Å²) in [6, 6.07) is 10.7. The van der Waals surface area contributed by atoms with Crippen LogP contribution in [-0.2, 0) is 21.2 Å². The van der Waals surface area contributed by atoms with Gasteiger partial charge in [0.2, 0.25) is 5.88 Å². The Bertz CT molecular complexity index is 1280. The summed E-state index contributed by atoms with van der Waals surface area (Å²) in [5.74, 6) is -0.537. The van der Waals surface area contributed by atoms with Crippen molar-refractivity contribution >= 4 is 26.5 Å². The van der Waals surface area contributed by atoms with Gasteiger partial charge in [-0.3, -0.25) is 14.8 Å². The minimum Gasteiger partial charge on any atom is -0.481 e. The number of ether oxygens (including phenoxy) is 1. The fraction of sp³-hybridized carbons (Fsp3) is 0.286. The van der Waals surface area contributed by atoms with Crippen LogP contribution in [0.1, 0.15) is 13.3 Å². The highest BCUT2D eigenvalue weighted by molar-refractivity contribution is 7.92. The van der Waals surface area contributed by atoms with Gasteiger partial charge in [-0.2, -0.15) is 0 Å².